The molecule has 140 valence electrons. The second-order valence-corrected chi connectivity index (χ2v) is 6.90. The van der Waals surface area contributed by atoms with Crippen LogP contribution >= 0.6 is 0 Å². The first kappa shape index (κ1) is 19.7. The largest absolute Gasteiger partial charge is 0.356 e. The minimum absolute atomic E-state index is 0.0933. The Balaban J connectivity index is 1.65. The Labute approximate surface area is 151 Å². The molecule has 4 nitrogen and oxygen atoms in total. The maximum Gasteiger partial charge on any atom is 0.190 e. The van der Waals surface area contributed by atoms with Gasteiger partial charge in [-0.3, -0.25) is 9.89 Å². The fraction of sp³-hybridized carbons (Fsp3) is 0.650. The molecule has 1 aromatic rings. The molecule has 1 aliphatic rings. The average molecular weight is 349 g/mol. The smallest absolute Gasteiger partial charge is 0.190 e. The molecule has 2 rings (SSSR count). The standard InChI is InChI=1S/C20H33FN4/c1-3-4-7-12-23-20(22-2)24-15-17-10-13-25(14-11-17)16-18-8-5-6-9-19(18)21/h5-6,8-9,17H,3-4,7,10-16H2,1-2H3,(H2,22,23,24). The fourth-order valence-electron chi connectivity index (χ4n) is 3.26. The van der Waals surface area contributed by atoms with E-state index in [1.54, 1.807) is 12.1 Å². The highest BCUT2D eigenvalue weighted by atomic mass is 19.1. The van der Waals surface area contributed by atoms with Crippen LogP contribution < -0.4 is 10.6 Å². The Hall–Kier alpha value is -1.62. The molecule has 0 aromatic heterocycles. The van der Waals surface area contributed by atoms with Crippen LogP contribution in [0.4, 0.5) is 4.39 Å². The van der Waals surface area contributed by atoms with Crippen molar-refractivity contribution in [2.45, 2.75) is 45.6 Å². The number of aliphatic imine (C=N–C) groups is 1. The van der Waals surface area contributed by atoms with Crippen molar-refractivity contribution < 1.29 is 4.39 Å². The Bertz CT molecular complexity index is 524. The summed E-state index contributed by atoms with van der Waals surface area (Å²) in [5, 5.41) is 6.83. The zero-order chi connectivity index (χ0) is 17.9. The quantitative estimate of drug-likeness (QED) is 0.430. The molecule has 0 amide bonds. The van der Waals surface area contributed by atoms with Crippen LogP contribution in [0, 0.1) is 11.7 Å². The molecule has 1 aliphatic heterocycles. The van der Waals surface area contributed by atoms with Gasteiger partial charge in [0.2, 0.25) is 0 Å². The zero-order valence-electron chi connectivity index (χ0n) is 15.7. The minimum atomic E-state index is -0.0933. The van der Waals surface area contributed by atoms with E-state index < -0.39 is 0 Å². The van der Waals surface area contributed by atoms with Gasteiger partial charge in [0.25, 0.3) is 0 Å². The third-order valence-corrected chi connectivity index (χ3v) is 4.91. The first-order chi connectivity index (χ1) is 12.2. The summed E-state index contributed by atoms with van der Waals surface area (Å²) in [6.07, 6.45) is 5.97. The number of likely N-dealkylation sites (tertiary alicyclic amines) is 1. The fourth-order valence-corrected chi connectivity index (χ4v) is 3.26. The van der Waals surface area contributed by atoms with E-state index in [1.807, 2.05) is 19.2 Å². The third-order valence-electron chi connectivity index (χ3n) is 4.91. The number of benzene rings is 1. The molecule has 0 radical (unpaired) electrons. The van der Waals surface area contributed by atoms with Gasteiger partial charge in [0, 0.05) is 32.2 Å². The molecule has 5 heteroatoms. The predicted molar refractivity (Wildman–Crippen MR) is 103 cm³/mol. The molecule has 1 fully saturated rings. The van der Waals surface area contributed by atoms with Gasteiger partial charge < -0.3 is 10.6 Å². The van der Waals surface area contributed by atoms with Crippen LogP contribution in [0.2, 0.25) is 0 Å². The van der Waals surface area contributed by atoms with E-state index in [4.69, 9.17) is 0 Å². The van der Waals surface area contributed by atoms with E-state index in [0.29, 0.717) is 12.5 Å². The second kappa shape index (κ2) is 11.1. The van der Waals surface area contributed by atoms with Gasteiger partial charge in [0.05, 0.1) is 0 Å². The molecular weight excluding hydrogens is 315 g/mol. The SMILES string of the molecule is CCCCCNC(=NC)NCC1CCN(Cc2ccccc2F)CC1. The minimum Gasteiger partial charge on any atom is -0.356 e. The third kappa shape index (κ3) is 7.02. The Morgan fingerprint density at radius 1 is 1.20 bits per heavy atom. The molecular formula is C20H33FN4. The van der Waals surface area contributed by atoms with Crippen molar-refractivity contribution in [1.82, 2.24) is 15.5 Å². The molecule has 25 heavy (non-hydrogen) atoms. The molecule has 1 heterocycles. The number of guanidine groups is 1. The molecule has 0 bridgehead atoms. The highest BCUT2D eigenvalue weighted by Crippen LogP contribution is 2.19. The van der Waals surface area contributed by atoms with Gasteiger partial charge in [0.15, 0.2) is 5.96 Å². The molecule has 1 saturated heterocycles. The van der Waals surface area contributed by atoms with Gasteiger partial charge in [-0.15, -0.1) is 0 Å². The van der Waals surface area contributed by atoms with E-state index in [0.717, 1.165) is 50.5 Å². The van der Waals surface area contributed by atoms with Crippen LogP contribution in [0.1, 0.15) is 44.6 Å². The van der Waals surface area contributed by atoms with Crippen LogP contribution in [0.15, 0.2) is 29.3 Å². The van der Waals surface area contributed by atoms with Crippen molar-refractivity contribution >= 4 is 5.96 Å². The van der Waals surface area contributed by atoms with E-state index in [-0.39, 0.29) is 5.82 Å². The van der Waals surface area contributed by atoms with Crippen molar-refractivity contribution in [2.24, 2.45) is 10.9 Å². The lowest BCUT2D eigenvalue weighted by Gasteiger charge is -2.32. The van der Waals surface area contributed by atoms with Crippen LogP contribution in [-0.2, 0) is 6.54 Å². The van der Waals surface area contributed by atoms with Gasteiger partial charge in [-0.1, -0.05) is 38.0 Å². The number of halogens is 1. The zero-order valence-corrected chi connectivity index (χ0v) is 15.7. The van der Waals surface area contributed by atoms with Crippen LogP contribution in [-0.4, -0.2) is 44.1 Å². The van der Waals surface area contributed by atoms with Crippen molar-refractivity contribution in [1.29, 1.82) is 0 Å². The monoisotopic (exact) mass is 348 g/mol. The lowest BCUT2D eigenvalue weighted by molar-refractivity contribution is 0.176. The Morgan fingerprint density at radius 2 is 1.96 bits per heavy atom. The first-order valence-corrected chi connectivity index (χ1v) is 9.63. The molecule has 0 saturated carbocycles. The van der Waals surface area contributed by atoms with Gasteiger partial charge in [0.1, 0.15) is 5.82 Å². The molecule has 0 aliphatic carbocycles. The van der Waals surface area contributed by atoms with Gasteiger partial charge in [-0.05, 0) is 44.3 Å². The molecule has 0 atom stereocenters. The number of hydrogen-bond acceptors (Lipinski definition) is 2. The normalized spacial score (nSPS) is 16.8. The highest BCUT2D eigenvalue weighted by Gasteiger charge is 2.20. The summed E-state index contributed by atoms with van der Waals surface area (Å²) in [4.78, 5) is 6.65. The van der Waals surface area contributed by atoms with E-state index in [2.05, 4.69) is 27.4 Å². The average Bonchev–Trinajstić information content (AvgIpc) is 2.64. The number of nitrogens with one attached hydrogen (secondary N) is 2. The van der Waals surface area contributed by atoms with Crippen molar-refractivity contribution in [3.8, 4) is 0 Å². The topological polar surface area (TPSA) is 39.7 Å². The summed E-state index contributed by atoms with van der Waals surface area (Å²) in [6, 6.07) is 7.09. The summed E-state index contributed by atoms with van der Waals surface area (Å²) in [5.74, 6) is 1.47. The number of piperidine rings is 1. The second-order valence-electron chi connectivity index (χ2n) is 6.90. The maximum atomic E-state index is 13.8. The first-order valence-electron chi connectivity index (χ1n) is 9.63. The van der Waals surface area contributed by atoms with Gasteiger partial charge in [-0.2, -0.15) is 0 Å². The van der Waals surface area contributed by atoms with E-state index in [1.165, 1.54) is 19.3 Å². The lowest BCUT2D eigenvalue weighted by atomic mass is 9.96. The van der Waals surface area contributed by atoms with Crippen LogP contribution in [0.3, 0.4) is 0 Å². The summed E-state index contributed by atoms with van der Waals surface area (Å²) in [5.41, 5.74) is 0.802. The molecule has 0 unspecified atom stereocenters. The maximum absolute atomic E-state index is 13.8. The van der Waals surface area contributed by atoms with E-state index in [9.17, 15) is 4.39 Å². The van der Waals surface area contributed by atoms with Crippen molar-refractivity contribution in [2.75, 3.05) is 33.2 Å². The van der Waals surface area contributed by atoms with Crippen molar-refractivity contribution in [3.63, 3.8) is 0 Å². The number of nitrogens with zero attached hydrogens (tertiary/aromatic N) is 2. The van der Waals surface area contributed by atoms with E-state index >= 15 is 0 Å². The molecule has 1 aromatic carbocycles. The lowest BCUT2D eigenvalue weighted by Crippen LogP contribution is -2.43. The molecule has 2 N–H and O–H groups in total. The summed E-state index contributed by atoms with van der Waals surface area (Å²) in [6.45, 7) is 6.93. The summed E-state index contributed by atoms with van der Waals surface area (Å²) < 4.78 is 13.8. The Morgan fingerprint density at radius 3 is 2.64 bits per heavy atom. The highest BCUT2D eigenvalue weighted by molar-refractivity contribution is 5.79. The van der Waals surface area contributed by atoms with Gasteiger partial charge >= 0.3 is 0 Å². The van der Waals surface area contributed by atoms with Crippen molar-refractivity contribution in [3.05, 3.63) is 35.6 Å². The van der Waals surface area contributed by atoms with Crippen LogP contribution in [0.25, 0.3) is 0 Å². The Kier molecular flexibility index (Phi) is 8.73. The summed E-state index contributed by atoms with van der Waals surface area (Å²) >= 11 is 0. The summed E-state index contributed by atoms with van der Waals surface area (Å²) in [7, 11) is 1.83. The number of unbranched alkanes of at least 4 members (excludes halogenated alkanes) is 2. The predicted octanol–water partition coefficient (Wildman–Crippen LogP) is 3.39. The van der Waals surface area contributed by atoms with Gasteiger partial charge in [-0.25, -0.2) is 4.39 Å². The molecule has 0 spiro atoms. The number of rotatable bonds is 8. The van der Waals surface area contributed by atoms with Crippen LogP contribution in [0.5, 0.6) is 0 Å². The number of hydrogen-bond donors (Lipinski definition) is 2.